The predicted octanol–water partition coefficient (Wildman–Crippen LogP) is 4.80. The van der Waals surface area contributed by atoms with Gasteiger partial charge in [0.05, 0.1) is 17.8 Å². The fourth-order valence-electron chi connectivity index (χ4n) is 2.33. The van der Waals surface area contributed by atoms with Crippen molar-refractivity contribution in [3.63, 3.8) is 0 Å². The summed E-state index contributed by atoms with van der Waals surface area (Å²) in [4.78, 5) is 8.91. The van der Waals surface area contributed by atoms with E-state index in [1.165, 1.54) is 0 Å². The van der Waals surface area contributed by atoms with Crippen LogP contribution in [0.3, 0.4) is 0 Å². The predicted molar refractivity (Wildman–Crippen MR) is 102 cm³/mol. The van der Waals surface area contributed by atoms with Gasteiger partial charge >= 0.3 is 0 Å². The Hall–Kier alpha value is -2.79. The molecule has 128 valence electrons. The Kier molecular flexibility index (Phi) is 5.36. The van der Waals surface area contributed by atoms with Crippen molar-refractivity contribution in [2.24, 2.45) is 0 Å². The molecule has 6 heteroatoms. The van der Waals surface area contributed by atoms with Crippen molar-refractivity contribution in [3.05, 3.63) is 70.9 Å². The highest BCUT2D eigenvalue weighted by molar-refractivity contribution is 6.33. The second-order valence-corrected chi connectivity index (χ2v) is 5.93. The van der Waals surface area contributed by atoms with Crippen LogP contribution in [0, 0.1) is 6.92 Å². The molecule has 0 bridgehead atoms. The molecule has 0 saturated carbocycles. The van der Waals surface area contributed by atoms with Gasteiger partial charge in [0.25, 0.3) is 0 Å². The zero-order valence-electron chi connectivity index (χ0n) is 14.1. The molecule has 3 rings (SSSR count). The average molecular weight is 355 g/mol. The zero-order chi connectivity index (χ0) is 17.6. The lowest BCUT2D eigenvalue weighted by molar-refractivity contribution is 0.414. The maximum atomic E-state index is 6.18. The normalized spacial score (nSPS) is 10.4. The zero-order valence-corrected chi connectivity index (χ0v) is 14.8. The molecular weight excluding hydrogens is 336 g/mol. The minimum atomic E-state index is 0.505. The highest BCUT2D eigenvalue weighted by atomic mass is 35.5. The SMILES string of the molecule is COc1ccc(CNc2cc(C)nc(Nc3ccccc3Cl)n2)cc1. The first-order chi connectivity index (χ1) is 12.1. The Morgan fingerprint density at radius 2 is 1.80 bits per heavy atom. The average Bonchev–Trinajstić information content (AvgIpc) is 2.62. The van der Waals surface area contributed by atoms with Gasteiger partial charge in [0.2, 0.25) is 5.95 Å². The summed E-state index contributed by atoms with van der Waals surface area (Å²) in [5, 5.41) is 7.10. The Bertz CT molecular complexity index is 852. The van der Waals surface area contributed by atoms with Gasteiger partial charge in [-0.25, -0.2) is 4.98 Å². The molecule has 0 spiro atoms. The summed E-state index contributed by atoms with van der Waals surface area (Å²) in [5.41, 5.74) is 2.77. The van der Waals surface area contributed by atoms with E-state index in [9.17, 15) is 0 Å². The number of para-hydroxylation sites is 1. The van der Waals surface area contributed by atoms with Gasteiger partial charge < -0.3 is 15.4 Å². The van der Waals surface area contributed by atoms with Crippen molar-refractivity contribution < 1.29 is 4.74 Å². The number of anilines is 3. The number of benzene rings is 2. The van der Waals surface area contributed by atoms with Crippen molar-refractivity contribution in [2.45, 2.75) is 13.5 Å². The van der Waals surface area contributed by atoms with E-state index in [-0.39, 0.29) is 0 Å². The fraction of sp³-hybridized carbons (Fsp3) is 0.158. The minimum Gasteiger partial charge on any atom is -0.497 e. The molecule has 0 atom stereocenters. The Morgan fingerprint density at radius 3 is 2.52 bits per heavy atom. The Morgan fingerprint density at radius 1 is 1.04 bits per heavy atom. The lowest BCUT2D eigenvalue weighted by atomic mass is 10.2. The van der Waals surface area contributed by atoms with E-state index in [0.29, 0.717) is 17.5 Å². The maximum absolute atomic E-state index is 6.18. The summed E-state index contributed by atoms with van der Waals surface area (Å²) in [6, 6.07) is 17.3. The van der Waals surface area contributed by atoms with Crippen molar-refractivity contribution in [1.29, 1.82) is 0 Å². The van der Waals surface area contributed by atoms with Gasteiger partial charge in [-0.3, -0.25) is 0 Å². The summed E-state index contributed by atoms with van der Waals surface area (Å²) >= 11 is 6.18. The molecule has 0 aliphatic rings. The summed E-state index contributed by atoms with van der Waals surface area (Å²) in [6.45, 7) is 2.59. The van der Waals surface area contributed by atoms with E-state index in [4.69, 9.17) is 16.3 Å². The van der Waals surface area contributed by atoms with Crippen LogP contribution in [-0.2, 0) is 6.54 Å². The van der Waals surface area contributed by atoms with Crippen LogP contribution in [0.15, 0.2) is 54.6 Å². The number of hydrogen-bond donors (Lipinski definition) is 2. The number of aryl methyl sites for hydroxylation is 1. The van der Waals surface area contributed by atoms with Crippen LogP contribution in [0.4, 0.5) is 17.5 Å². The van der Waals surface area contributed by atoms with Gasteiger partial charge in [-0.1, -0.05) is 35.9 Å². The van der Waals surface area contributed by atoms with Crippen LogP contribution >= 0.6 is 11.6 Å². The first-order valence-electron chi connectivity index (χ1n) is 7.88. The number of aromatic nitrogens is 2. The van der Waals surface area contributed by atoms with Crippen LogP contribution in [0.2, 0.25) is 5.02 Å². The molecule has 0 unspecified atom stereocenters. The smallest absolute Gasteiger partial charge is 0.229 e. The number of methoxy groups -OCH3 is 1. The quantitative estimate of drug-likeness (QED) is 0.665. The van der Waals surface area contributed by atoms with Gasteiger partial charge in [-0.05, 0) is 36.8 Å². The number of hydrogen-bond acceptors (Lipinski definition) is 5. The Balaban J connectivity index is 1.71. The molecule has 2 N–H and O–H groups in total. The largest absolute Gasteiger partial charge is 0.497 e. The second kappa shape index (κ2) is 7.85. The minimum absolute atomic E-state index is 0.505. The van der Waals surface area contributed by atoms with Crippen LogP contribution < -0.4 is 15.4 Å². The van der Waals surface area contributed by atoms with Gasteiger partial charge in [-0.15, -0.1) is 0 Å². The summed E-state index contributed by atoms with van der Waals surface area (Å²) in [6.07, 6.45) is 0. The third kappa shape index (κ3) is 4.61. The number of nitrogens with one attached hydrogen (secondary N) is 2. The second-order valence-electron chi connectivity index (χ2n) is 5.52. The summed E-state index contributed by atoms with van der Waals surface area (Å²) in [7, 11) is 1.66. The molecule has 1 heterocycles. The monoisotopic (exact) mass is 354 g/mol. The number of rotatable bonds is 6. The van der Waals surface area contributed by atoms with Crippen molar-refractivity contribution >= 4 is 29.1 Å². The van der Waals surface area contributed by atoms with E-state index in [1.54, 1.807) is 7.11 Å². The van der Waals surface area contributed by atoms with Crippen molar-refractivity contribution in [1.82, 2.24) is 9.97 Å². The number of ether oxygens (including phenoxy) is 1. The van der Waals surface area contributed by atoms with Gasteiger partial charge in [-0.2, -0.15) is 4.98 Å². The molecule has 0 aliphatic heterocycles. The molecule has 0 aliphatic carbocycles. The summed E-state index contributed by atoms with van der Waals surface area (Å²) < 4.78 is 5.17. The lowest BCUT2D eigenvalue weighted by Crippen LogP contribution is -2.05. The van der Waals surface area contributed by atoms with Crippen molar-refractivity contribution in [2.75, 3.05) is 17.7 Å². The van der Waals surface area contributed by atoms with Gasteiger partial charge in [0, 0.05) is 18.3 Å². The molecule has 0 radical (unpaired) electrons. The first kappa shape index (κ1) is 17.0. The number of nitrogens with zero attached hydrogens (tertiary/aromatic N) is 2. The molecule has 2 aromatic carbocycles. The molecule has 0 fully saturated rings. The van der Waals surface area contributed by atoms with E-state index in [0.717, 1.165) is 28.5 Å². The van der Waals surface area contributed by atoms with Crippen LogP contribution in [0.5, 0.6) is 5.75 Å². The summed E-state index contributed by atoms with van der Waals surface area (Å²) in [5.74, 6) is 2.09. The highest BCUT2D eigenvalue weighted by Gasteiger charge is 2.05. The fourth-order valence-corrected chi connectivity index (χ4v) is 2.52. The number of halogens is 1. The van der Waals surface area contributed by atoms with Crippen LogP contribution in [-0.4, -0.2) is 17.1 Å². The standard InChI is InChI=1S/C19H19ClN4O/c1-13-11-18(21-12-14-7-9-15(25-2)10-8-14)24-19(22-13)23-17-6-4-3-5-16(17)20/h3-11H,12H2,1-2H3,(H2,21,22,23,24). The van der Waals surface area contributed by atoms with Gasteiger partial charge in [0.1, 0.15) is 11.6 Å². The molecule has 1 aromatic heterocycles. The van der Waals surface area contributed by atoms with E-state index in [2.05, 4.69) is 20.6 Å². The molecule has 0 amide bonds. The lowest BCUT2D eigenvalue weighted by Gasteiger charge is -2.11. The van der Waals surface area contributed by atoms with Gasteiger partial charge in [0.15, 0.2) is 0 Å². The van der Waals surface area contributed by atoms with Crippen molar-refractivity contribution in [3.8, 4) is 5.75 Å². The molecule has 25 heavy (non-hydrogen) atoms. The van der Waals surface area contributed by atoms with E-state index < -0.39 is 0 Å². The molecule has 3 aromatic rings. The molecular formula is C19H19ClN4O. The Labute approximate surface area is 152 Å². The highest BCUT2D eigenvalue weighted by Crippen LogP contribution is 2.24. The first-order valence-corrected chi connectivity index (χ1v) is 8.26. The third-order valence-corrected chi connectivity index (χ3v) is 3.94. The third-order valence-electron chi connectivity index (χ3n) is 3.61. The van der Waals surface area contributed by atoms with E-state index >= 15 is 0 Å². The molecule has 5 nitrogen and oxygen atoms in total. The molecule has 0 saturated heterocycles. The van der Waals surface area contributed by atoms with Crippen LogP contribution in [0.1, 0.15) is 11.3 Å². The topological polar surface area (TPSA) is 59.1 Å². The van der Waals surface area contributed by atoms with Crippen LogP contribution in [0.25, 0.3) is 0 Å². The maximum Gasteiger partial charge on any atom is 0.229 e. The van der Waals surface area contributed by atoms with E-state index in [1.807, 2.05) is 61.5 Å².